The van der Waals surface area contributed by atoms with E-state index >= 15 is 0 Å². The summed E-state index contributed by atoms with van der Waals surface area (Å²) in [7, 11) is -4.00. The van der Waals surface area contributed by atoms with E-state index in [0.29, 0.717) is 19.0 Å². The molecule has 1 heterocycles. The molecule has 0 saturated carbocycles. The molecule has 0 aromatic heterocycles. The normalized spacial score (nSPS) is 15.7. The van der Waals surface area contributed by atoms with Crippen molar-refractivity contribution in [2.24, 2.45) is 5.92 Å². The van der Waals surface area contributed by atoms with Crippen molar-refractivity contribution in [3.05, 3.63) is 102 Å². The Labute approximate surface area is 200 Å². The first-order chi connectivity index (χ1) is 16.4. The summed E-state index contributed by atoms with van der Waals surface area (Å²) in [6, 6.07) is 23.3. The maximum Gasteiger partial charge on any atom is 0.241 e. The number of piperidine rings is 1. The summed E-state index contributed by atoms with van der Waals surface area (Å²) in [5, 5.41) is 0. The molecule has 3 aromatic carbocycles. The molecule has 7 heteroatoms. The fraction of sp³-hybridized carbons (Fsp3) is 0.296. The number of benzene rings is 3. The van der Waals surface area contributed by atoms with Crippen LogP contribution in [0.1, 0.15) is 24.0 Å². The molecule has 1 atom stereocenters. The minimum atomic E-state index is -4.00. The van der Waals surface area contributed by atoms with Gasteiger partial charge >= 0.3 is 0 Å². The molecule has 1 fully saturated rings. The van der Waals surface area contributed by atoms with Crippen molar-refractivity contribution < 1.29 is 17.6 Å². The molecular formula is C27H29FN2O3S. The van der Waals surface area contributed by atoms with Gasteiger partial charge in [-0.1, -0.05) is 60.7 Å². The third-order valence-electron chi connectivity index (χ3n) is 6.30. The Balaban J connectivity index is 1.46. The van der Waals surface area contributed by atoms with Crippen molar-refractivity contribution in [2.45, 2.75) is 36.6 Å². The quantitative estimate of drug-likeness (QED) is 0.526. The summed E-state index contributed by atoms with van der Waals surface area (Å²) in [6.07, 6.45) is 2.98. The van der Waals surface area contributed by atoms with Crippen LogP contribution in [0.3, 0.4) is 0 Å². The van der Waals surface area contributed by atoms with Gasteiger partial charge in [0.15, 0.2) is 0 Å². The molecule has 4 rings (SSSR count). The number of carbonyl (C=O) groups is 1. The summed E-state index contributed by atoms with van der Waals surface area (Å²) >= 11 is 0. The van der Waals surface area contributed by atoms with E-state index in [0.717, 1.165) is 37.0 Å². The molecule has 0 unspecified atom stereocenters. The molecule has 1 N–H and O–H groups in total. The second kappa shape index (κ2) is 10.9. The molecule has 3 aromatic rings. The number of nitrogens with zero attached hydrogens (tertiary/aromatic N) is 1. The van der Waals surface area contributed by atoms with Crippen LogP contribution in [0.4, 0.5) is 4.39 Å². The van der Waals surface area contributed by atoms with Gasteiger partial charge in [-0.3, -0.25) is 4.79 Å². The topological polar surface area (TPSA) is 66.5 Å². The summed E-state index contributed by atoms with van der Waals surface area (Å²) in [6.45, 7) is 1.19. The van der Waals surface area contributed by atoms with Crippen molar-refractivity contribution in [3.8, 4) is 0 Å². The highest BCUT2D eigenvalue weighted by molar-refractivity contribution is 7.89. The zero-order valence-electron chi connectivity index (χ0n) is 18.9. The molecule has 178 valence electrons. The smallest absolute Gasteiger partial charge is 0.241 e. The Hall–Kier alpha value is -3.03. The molecule has 1 amide bonds. The average Bonchev–Trinajstić information content (AvgIpc) is 2.85. The third-order valence-corrected chi connectivity index (χ3v) is 7.78. The molecular weight excluding hydrogens is 451 g/mol. The zero-order valence-corrected chi connectivity index (χ0v) is 19.8. The van der Waals surface area contributed by atoms with Gasteiger partial charge in [-0.2, -0.15) is 4.72 Å². The molecule has 1 aliphatic heterocycles. The number of nitrogens with one attached hydrogen (secondary N) is 1. The van der Waals surface area contributed by atoms with E-state index < -0.39 is 21.9 Å². The van der Waals surface area contributed by atoms with Crippen molar-refractivity contribution >= 4 is 15.9 Å². The number of hydrogen-bond donors (Lipinski definition) is 1. The minimum Gasteiger partial charge on any atom is -0.341 e. The van der Waals surface area contributed by atoms with Gasteiger partial charge in [0.05, 0.1) is 4.90 Å². The van der Waals surface area contributed by atoms with E-state index in [-0.39, 0.29) is 17.2 Å². The van der Waals surface area contributed by atoms with Gasteiger partial charge in [0.25, 0.3) is 0 Å². The molecule has 0 bridgehead atoms. The van der Waals surface area contributed by atoms with Gasteiger partial charge in [-0.25, -0.2) is 12.8 Å². The Bertz CT molecular complexity index is 1180. The Morgan fingerprint density at radius 1 is 0.882 bits per heavy atom. The van der Waals surface area contributed by atoms with Crippen molar-refractivity contribution in [2.75, 3.05) is 13.1 Å². The van der Waals surface area contributed by atoms with Gasteiger partial charge in [0.1, 0.15) is 11.9 Å². The lowest BCUT2D eigenvalue weighted by Gasteiger charge is -2.34. The van der Waals surface area contributed by atoms with Crippen LogP contribution in [0.15, 0.2) is 89.8 Å². The standard InChI is InChI=1S/C27H29FN2O3S/c28-24-11-13-25(14-12-24)34(32,33)29-26(20-22-9-5-2-6-10-22)27(31)30-17-15-23(16-18-30)19-21-7-3-1-4-8-21/h1-14,23,26,29H,15-20H2/t26-/m0/s1. The lowest BCUT2D eigenvalue weighted by Crippen LogP contribution is -2.51. The van der Waals surface area contributed by atoms with Crippen LogP contribution in [0, 0.1) is 11.7 Å². The molecule has 5 nitrogen and oxygen atoms in total. The second-order valence-electron chi connectivity index (χ2n) is 8.78. The number of hydrogen-bond acceptors (Lipinski definition) is 3. The van der Waals surface area contributed by atoms with Gasteiger partial charge in [-0.05, 0) is 67.0 Å². The van der Waals surface area contributed by atoms with Crippen LogP contribution in [-0.4, -0.2) is 38.4 Å². The maximum atomic E-state index is 13.5. The van der Waals surface area contributed by atoms with Gasteiger partial charge in [0.2, 0.25) is 15.9 Å². The van der Waals surface area contributed by atoms with Crippen LogP contribution in [0.2, 0.25) is 0 Å². The number of halogens is 1. The fourth-order valence-electron chi connectivity index (χ4n) is 4.42. The molecule has 1 aliphatic rings. The molecule has 1 saturated heterocycles. The average molecular weight is 481 g/mol. The number of rotatable bonds is 8. The molecule has 0 spiro atoms. The maximum absolute atomic E-state index is 13.5. The largest absolute Gasteiger partial charge is 0.341 e. The summed E-state index contributed by atoms with van der Waals surface area (Å²) in [5.41, 5.74) is 2.16. The van der Waals surface area contributed by atoms with Crippen LogP contribution < -0.4 is 4.72 Å². The monoisotopic (exact) mass is 480 g/mol. The lowest BCUT2D eigenvalue weighted by atomic mass is 9.90. The summed E-state index contributed by atoms with van der Waals surface area (Å²) < 4.78 is 41.8. The fourth-order valence-corrected chi connectivity index (χ4v) is 5.61. The lowest BCUT2D eigenvalue weighted by molar-refractivity contribution is -0.134. The predicted molar refractivity (Wildman–Crippen MR) is 130 cm³/mol. The molecule has 34 heavy (non-hydrogen) atoms. The van der Waals surface area contributed by atoms with E-state index in [2.05, 4.69) is 16.9 Å². The molecule has 0 radical (unpaired) electrons. The first kappa shape index (κ1) is 24.1. The number of carbonyl (C=O) groups excluding carboxylic acids is 1. The van der Waals surface area contributed by atoms with Crippen molar-refractivity contribution in [3.63, 3.8) is 0 Å². The minimum absolute atomic E-state index is 0.0682. The van der Waals surface area contributed by atoms with Gasteiger partial charge in [0, 0.05) is 13.1 Å². The highest BCUT2D eigenvalue weighted by Crippen LogP contribution is 2.23. The predicted octanol–water partition coefficient (Wildman–Crippen LogP) is 4.20. The van der Waals surface area contributed by atoms with Gasteiger partial charge < -0.3 is 4.90 Å². The Morgan fingerprint density at radius 3 is 2.03 bits per heavy atom. The molecule has 0 aliphatic carbocycles. The first-order valence-electron chi connectivity index (χ1n) is 11.6. The zero-order chi connectivity index (χ0) is 24.0. The van der Waals surface area contributed by atoms with Gasteiger partial charge in [-0.15, -0.1) is 0 Å². The van der Waals surface area contributed by atoms with Crippen LogP contribution >= 0.6 is 0 Å². The first-order valence-corrected chi connectivity index (χ1v) is 13.0. The van der Waals surface area contributed by atoms with Crippen LogP contribution in [-0.2, 0) is 27.7 Å². The summed E-state index contributed by atoms with van der Waals surface area (Å²) in [5.74, 6) is -0.253. The number of likely N-dealkylation sites (tertiary alicyclic amines) is 1. The SMILES string of the molecule is O=C([C@H](Cc1ccccc1)NS(=O)(=O)c1ccc(F)cc1)N1CCC(Cc2ccccc2)CC1. The van der Waals surface area contributed by atoms with Crippen LogP contribution in [0.25, 0.3) is 0 Å². The van der Waals surface area contributed by atoms with E-state index in [1.165, 1.54) is 17.7 Å². The second-order valence-corrected chi connectivity index (χ2v) is 10.5. The van der Waals surface area contributed by atoms with E-state index in [9.17, 15) is 17.6 Å². The Morgan fingerprint density at radius 2 is 1.44 bits per heavy atom. The van der Waals surface area contributed by atoms with E-state index in [1.807, 2.05) is 48.5 Å². The van der Waals surface area contributed by atoms with Crippen LogP contribution in [0.5, 0.6) is 0 Å². The third kappa shape index (κ3) is 6.30. The Kier molecular flexibility index (Phi) is 7.75. The number of sulfonamides is 1. The van der Waals surface area contributed by atoms with Crippen molar-refractivity contribution in [1.82, 2.24) is 9.62 Å². The highest BCUT2D eigenvalue weighted by atomic mass is 32.2. The summed E-state index contributed by atoms with van der Waals surface area (Å²) in [4.78, 5) is 15.2. The highest BCUT2D eigenvalue weighted by Gasteiger charge is 2.32. The van der Waals surface area contributed by atoms with E-state index in [1.54, 1.807) is 4.90 Å². The number of amides is 1. The van der Waals surface area contributed by atoms with Crippen molar-refractivity contribution in [1.29, 1.82) is 0 Å². The van der Waals surface area contributed by atoms with E-state index in [4.69, 9.17) is 0 Å².